The topological polar surface area (TPSA) is 46.6 Å². The van der Waals surface area contributed by atoms with Gasteiger partial charge in [0.15, 0.2) is 0 Å². The van der Waals surface area contributed by atoms with Crippen molar-refractivity contribution in [2.75, 3.05) is 13.7 Å². The number of allylic oxidation sites excluding steroid dienone is 1. The van der Waals surface area contributed by atoms with Crippen LogP contribution in [-0.4, -0.2) is 36.3 Å². The minimum absolute atomic E-state index is 0.100. The average Bonchev–Trinajstić information content (AvgIpc) is 3.35. The molecule has 1 heterocycles. The van der Waals surface area contributed by atoms with Crippen molar-refractivity contribution in [3.63, 3.8) is 0 Å². The second-order valence-corrected chi connectivity index (χ2v) is 16.6. The second kappa shape index (κ2) is 10.0. The van der Waals surface area contributed by atoms with Crippen LogP contribution < -0.4 is 0 Å². The van der Waals surface area contributed by atoms with Gasteiger partial charge in [0.2, 0.25) is 0 Å². The Hall–Kier alpha value is -1.94. The summed E-state index contributed by atoms with van der Waals surface area (Å²) in [6.07, 6.45) is 12.3. The highest BCUT2D eigenvalue weighted by atomic mass is 16.5. The van der Waals surface area contributed by atoms with E-state index in [1.165, 1.54) is 63.1 Å². The summed E-state index contributed by atoms with van der Waals surface area (Å²) in [4.78, 5) is 27.4. The van der Waals surface area contributed by atoms with Gasteiger partial charge in [0, 0.05) is 17.5 Å². The predicted octanol–water partition coefficient (Wildman–Crippen LogP) is 8.49. The first-order valence-corrected chi connectivity index (χ1v) is 16.8. The molecule has 0 aromatic heterocycles. The zero-order valence-electron chi connectivity index (χ0n) is 27.4. The summed E-state index contributed by atoms with van der Waals surface area (Å²) in [5.74, 6) is 2.72. The van der Waals surface area contributed by atoms with E-state index in [2.05, 4.69) is 65.2 Å². The van der Waals surface area contributed by atoms with Gasteiger partial charge < -0.3 is 9.53 Å². The number of piperidine rings is 1. The maximum absolute atomic E-state index is 12.8. The van der Waals surface area contributed by atoms with Crippen LogP contribution in [0.4, 0.5) is 0 Å². The van der Waals surface area contributed by atoms with Crippen molar-refractivity contribution in [1.82, 2.24) is 4.90 Å². The molecule has 1 saturated heterocycles. The zero-order chi connectivity index (χ0) is 30.3. The van der Waals surface area contributed by atoms with Crippen LogP contribution in [0.3, 0.4) is 0 Å². The number of nitrogens with zero attached hydrogens (tertiary/aromatic N) is 1. The summed E-state index contributed by atoms with van der Waals surface area (Å²) < 4.78 is 4.90. The van der Waals surface area contributed by atoms with Gasteiger partial charge in [-0.15, -0.1) is 0 Å². The minimum Gasteiger partial charge on any atom is -0.465 e. The molecule has 0 unspecified atom stereocenters. The highest BCUT2D eigenvalue weighted by molar-refractivity contribution is 5.89. The lowest BCUT2D eigenvalue weighted by Gasteiger charge is -2.73. The molecule has 1 aliphatic heterocycles. The summed E-state index contributed by atoms with van der Waals surface area (Å²) in [5.41, 5.74) is 4.08. The van der Waals surface area contributed by atoms with Gasteiger partial charge in [-0.3, -0.25) is 4.90 Å². The molecule has 0 spiro atoms. The first-order valence-electron chi connectivity index (χ1n) is 16.8. The maximum Gasteiger partial charge on any atom is 0.337 e. The van der Waals surface area contributed by atoms with Crippen LogP contribution in [0, 0.1) is 51.2 Å². The molecular formula is C38H55NO3. The number of hydrogen-bond donors (Lipinski definition) is 0. The van der Waals surface area contributed by atoms with Crippen LogP contribution in [-0.2, 0) is 16.1 Å². The molecule has 4 saturated carbocycles. The Morgan fingerprint density at radius 2 is 1.64 bits per heavy atom. The number of fused-ring (bicyclic) bond motifs is 7. The van der Waals surface area contributed by atoms with Gasteiger partial charge in [0.1, 0.15) is 6.29 Å². The third kappa shape index (κ3) is 4.02. The number of rotatable bonds is 5. The van der Waals surface area contributed by atoms with E-state index in [0.29, 0.717) is 40.1 Å². The standard InChI is InChI=1S/C38H55NO3/c1-25(2)28-15-18-38(24-40)20-19-36(6)29(32(28)38)13-14-31-35(5)21-22-39(34(3,4)30(35)16-17-37(31,36)7)23-26-9-11-27(12-10-26)33(41)42-8/h9-12,24,28-32H,1,13-23H2,2-8H3/t28-,29+,30-,31+,32+,35-,36+,37+,38+/m0/s1. The number of ether oxygens (including phenoxy) is 1. The smallest absolute Gasteiger partial charge is 0.337 e. The summed E-state index contributed by atoms with van der Waals surface area (Å²) in [5, 5.41) is 0. The van der Waals surface area contributed by atoms with Crippen molar-refractivity contribution in [1.29, 1.82) is 0 Å². The number of carbonyl (C=O) groups excluding carboxylic acids is 2. The fourth-order valence-corrected chi connectivity index (χ4v) is 12.5. The molecule has 4 aliphatic carbocycles. The van der Waals surface area contributed by atoms with Gasteiger partial charge in [-0.05, 0) is 149 Å². The van der Waals surface area contributed by atoms with Crippen LogP contribution >= 0.6 is 0 Å². The maximum atomic E-state index is 12.8. The number of methoxy groups -OCH3 is 1. The molecule has 0 amide bonds. The summed E-state index contributed by atoms with van der Waals surface area (Å²) in [6.45, 7) is 21.7. The fraction of sp³-hybridized carbons (Fsp3) is 0.737. The van der Waals surface area contributed by atoms with Gasteiger partial charge in [0.05, 0.1) is 12.7 Å². The van der Waals surface area contributed by atoms with Gasteiger partial charge in [-0.2, -0.15) is 0 Å². The lowest BCUT2D eigenvalue weighted by atomic mass is 9.33. The summed E-state index contributed by atoms with van der Waals surface area (Å²) >= 11 is 0. The number of benzene rings is 1. The van der Waals surface area contributed by atoms with E-state index in [9.17, 15) is 9.59 Å². The Morgan fingerprint density at radius 3 is 2.29 bits per heavy atom. The first kappa shape index (κ1) is 30.1. The van der Waals surface area contributed by atoms with Crippen LogP contribution in [0.25, 0.3) is 0 Å². The molecule has 230 valence electrons. The van der Waals surface area contributed by atoms with Gasteiger partial charge in [-0.1, -0.05) is 45.1 Å². The monoisotopic (exact) mass is 573 g/mol. The quantitative estimate of drug-likeness (QED) is 0.201. The number of esters is 1. The van der Waals surface area contributed by atoms with Crippen LogP contribution in [0.2, 0.25) is 0 Å². The predicted molar refractivity (Wildman–Crippen MR) is 169 cm³/mol. The Labute approximate surface area is 255 Å². The zero-order valence-corrected chi connectivity index (χ0v) is 27.4. The van der Waals surface area contributed by atoms with Crippen LogP contribution in [0.5, 0.6) is 0 Å². The Bertz CT molecular complexity index is 1250. The lowest BCUT2D eigenvalue weighted by molar-refractivity contribution is -0.240. The lowest BCUT2D eigenvalue weighted by Crippen LogP contribution is -2.69. The molecule has 0 radical (unpaired) electrons. The molecule has 1 aromatic carbocycles. The molecule has 42 heavy (non-hydrogen) atoms. The van der Waals surface area contributed by atoms with Crippen molar-refractivity contribution in [3.05, 3.63) is 47.5 Å². The van der Waals surface area contributed by atoms with Gasteiger partial charge in [-0.25, -0.2) is 4.79 Å². The van der Waals surface area contributed by atoms with E-state index in [0.717, 1.165) is 38.3 Å². The third-order valence-electron chi connectivity index (χ3n) is 15.0. The molecular weight excluding hydrogens is 518 g/mol. The largest absolute Gasteiger partial charge is 0.465 e. The number of hydrogen-bond acceptors (Lipinski definition) is 4. The van der Waals surface area contributed by atoms with Crippen LogP contribution in [0.15, 0.2) is 36.4 Å². The van der Waals surface area contributed by atoms with E-state index in [4.69, 9.17) is 4.74 Å². The van der Waals surface area contributed by atoms with Crippen molar-refractivity contribution in [2.45, 2.75) is 111 Å². The highest BCUT2D eigenvalue weighted by Gasteiger charge is 2.70. The minimum atomic E-state index is -0.276. The molecule has 4 nitrogen and oxygen atoms in total. The Morgan fingerprint density at radius 1 is 0.929 bits per heavy atom. The molecule has 4 heteroatoms. The molecule has 6 rings (SSSR count). The van der Waals surface area contributed by atoms with Crippen molar-refractivity contribution >= 4 is 12.3 Å². The molecule has 0 N–H and O–H groups in total. The Kier molecular flexibility index (Phi) is 7.20. The third-order valence-corrected chi connectivity index (χ3v) is 15.0. The van der Waals surface area contributed by atoms with E-state index in [1.54, 1.807) is 0 Å². The summed E-state index contributed by atoms with van der Waals surface area (Å²) in [6, 6.07) is 8.00. The molecule has 5 fully saturated rings. The number of aldehydes is 1. The van der Waals surface area contributed by atoms with E-state index in [1.807, 2.05) is 12.1 Å². The van der Waals surface area contributed by atoms with Crippen molar-refractivity contribution < 1.29 is 14.3 Å². The van der Waals surface area contributed by atoms with Crippen LogP contribution in [0.1, 0.15) is 115 Å². The summed E-state index contributed by atoms with van der Waals surface area (Å²) in [7, 11) is 1.44. The van der Waals surface area contributed by atoms with Crippen molar-refractivity contribution in [2.24, 2.45) is 51.2 Å². The normalized spacial score (nSPS) is 44.2. The van der Waals surface area contributed by atoms with Gasteiger partial charge in [0.25, 0.3) is 0 Å². The molecule has 0 bridgehead atoms. The fourth-order valence-electron chi connectivity index (χ4n) is 12.5. The highest BCUT2D eigenvalue weighted by Crippen LogP contribution is 2.76. The number of likely N-dealkylation sites (tertiary alicyclic amines) is 1. The molecule has 5 aliphatic rings. The molecule has 9 atom stereocenters. The van der Waals surface area contributed by atoms with Gasteiger partial charge >= 0.3 is 5.97 Å². The first-order chi connectivity index (χ1) is 19.8. The molecule has 1 aromatic rings. The van der Waals surface area contributed by atoms with Crippen molar-refractivity contribution in [3.8, 4) is 0 Å². The second-order valence-electron chi connectivity index (χ2n) is 16.6. The van der Waals surface area contributed by atoms with E-state index in [-0.39, 0.29) is 22.3 Å². The SMILES string of the molecule is C=C(C)[C@@H]1CC[C@]2(C=O)CC[C@]3(C)[C@H](CC[C@@H]4[C@@]5(C)CCN(Cc6ccc(C(=O)OC)cc6)C(C)(C)[C@@H]5CC[C@]43C)[C@@H]12. The Balaban J connectivity index is 1.27. The number of carbonyl (C=O) groups is 2. The average molecular weight is 574 g/mol. The van der Waals surface area contributed by atoms with E-state index >= 15 is 0 Å². The van der Waals surface area contributed by atoms with E-state index < -0.39 is 0 Å².